The molecule has 0 spiro atoms. The maximum absolute atomic E-state index is 11.8. The summed E-state index contributed by atoms with van der Waals surface area (Å²) < 4.78 is 14.8. The zero-order valence-electron chi connectivity index (χ0n) is 10.2. The number of carbonyl (C=O) groups is 2. The van der Waals surface area contributed by atoms with E-state index in [4.69, 9.17) is 21.1 Å². The smallest absolute Gasteiger partial charge is 0.307 e. The molecule has 0 radical (unpaired) electrons. The second kappa shape index (κ2) is 5.79. The quantitative estimate of drug-likeness (QED) is 0.846. The number of fused-ring (bicyclic) bond motifs is 1. The Morgan fingerprint density at radius 3 is 2.95 bits per heavy atom. The van der Waals surface area contributed by atoms with E-state index >= 15 is 0 Å². The minimum absolute atomic E-state index is 0.0858. The Morgan fingerprint density at radius 2 is 2.21 bits per heavy atom. The van der Waals surface area contributed by atoms with Crippen LogP contribution in [0.1, 0.15) is 16.8 Å². The minimum atomic E-state index is -0.385. The van der Waals surface area contributed by atoms with Crippen molar-refractivity contribution >= 4 is 23.5 Å². The minimum Gasteiger partial charge on any atom is -0.469 e. The zero-order chi connectivity index (χ0) is 13.8. The largest absolute Gasteiger partial charge is 0.469 e. The molecule has 7 heteroatoms. The topological polar surface area (TPSA) is 73.9 Å². The molecule has 0 aromatic heterocycles. The highest BCUT2D eigenvalue weighted by Crippen LogP contribution is 2.39. The first-order valence-corrected chi connectivity index (χ1v) is 5.93. The van der Waals surface area contributed by atoms with Gasteiger partial charge >= 0.3 is 5.97 Å². The Kier molecular flexibility index (Phi) is 4.11. The molecule has 1 aromatic rings. The van der Waals surface area contributed by atoms with Crippen molar-refractivity contribution < 1.29 is 23.8 Å². The highest BCUT2D eigenvalue weighted by molar-refractivity contribution is 6.32. The van der Waals surface area contributed by atoms with Crippen molar-refractivity contribution in [2.45, 2.75) is 6.42 Å². The fourth-order valence-electron chi connectivity index (χ4n) is 1.58. The van der Waals surface area contributed by atoms with Crippen molar-refractivity contribution in [3.05, 3.63) is 22.7 Å². The Balaban J connectivity index is 2.00. The van der Waals surface area contributed by atoms with Crippen LogP contribution >= 0.6 is 11.6 Å². The molecule has 0 aliphatic carbocycles. The van der Waals surface area contributed by atoms with Crippen molar-refractivity contribution in [1.29, 1.82) is 0 Å². The lowest BCUT2D eigenvalue weighted by atomic mass is 10.2. The molecule has 1 aliphatic rings. The molecule has 1 N–H and O–H groups in total. The Labute approximate surface area is 114 Å². The highest BCUT2D eigenvalue weighted by Gasteiger charge is 2.20. The lowest BCUT2D eigenvalue weighted by Crippen LogP contribution is -2.26. The molecule has 0 fully saturated rings. The van der Waals surface area contributed by atoms with Gasteiger partial charge in [-0.25, -0.2) is 0 Å². The second-order valence-corrected chi connectivity index (χ2v) is 4.18. The van der Waals surface area contributed by atoms with Crippen molar-refractivity contribution in [3.8, 4) is 11.5 Å². The van der Waals surface area contributed by atoms with E-state index < -0.39 is 0 Å². The number of methoxy groups -OCH3 is 1. The Bertz CT molecular complexity index is 517. The number of nitrogens with one attached hydrogen (secondary N) is 1. The molecular formula is C12H12ClNO5. The van der Waals surface area contributed by atoms with E-state index in [1.165, 1.54) is 13.2 Å². The van der Waals surface area contributed by atoms with Crippen LogP contribution in [0.4, 0.5) is 0 Å². The monoisotopic (exact) mass is 285 g/mol. The summed E-state index contributed by atoms with van der Waals surface area (Å²) in [7, 11) is 1.29. The van der Waals surface area contributed by atoms with Crippen LogP contribution in [0.5, 0.6) is 11.5 Å². The van der Waals surface area contributed by atoms with Crippen LogP contribution < -0.4 is 14.8 Å². The van der Waals surface area contributed by atoms with Crippen LogP contribution in [-0.4, -0.2) is 32.3 Å². The van der Waals surface area contributed by atoms with Gasteiger partial charge in [0, 0.05) is 12.1 Å². The number of hydrogen-bond acceptors (Lipinski definition) is 5. The molecule has 1 amide bonds. The van der Waals surface area contributed by atoms with Gasteiger partial charge in [0.25, 0.3) is 5.91 Å². The molecule has 0 atom stereocenters. The second-order valence-electron chi connectivity index (χ2n) is 3.77. The fourth-order valence-corrected chi connectivity index (χ4v) is 1.85. The number of ether oxygens (including phenoxy) is 3. The van der Waals surface area contributed by atoms with Crippen LogP contribution in [0.15, 0.2) is 12.1 Å². The van der Waals surface area contributed by atoms with Crippen LogP contribution in [0.2, 0.25) is 5.02 Å². The van der Waals surface area contributed by atoms with Crippen molar-refractivity contribution in [2.75, 3.05) is 20.4 Å². The Hall–Kier alpha value is -1.95. The van der Waals surface area contributed by atoms with Gasteiger partial charge in [-0.2, -0.15) is 0 Å². The summed E-state index contributed by atoms with van der Waals surface area (Å²) in [6, 6.07) is 3.03. The van der Waals surface area contributed by atoms with Crippen LogP contribution in [0.25, 0.3) is 0 Å². The summed E-state index contributed by atoms with van der Waals surface area (Å²) in [4.78, 5) is 22.8. The normalized spacial score (nSPS) is 12.1. The van der Waals surface area contributed by atoms with E-state index in [9.17, 15) is 9.59 Å². The molecule has 1 heterocycles. The average Bonchev–Trinajstić information content (AvgIpc) is 2.87. The molecule has 1 aliphatic heterocycles. The summed E-state index contributed by atoms with van der Waals surface area (Å²) in [6.07, 6.45) is 0.112. The third-order valence-corrected chi connectivity index (χ3v) is 2.81. The fraction of sp³-hybridized carbons (Fsp3) is 0.333. The van der Waals surface area contributed by atoms with Gasteiger partial charge in [0.2, 0.25) is 6.79 Å². The third-order valence-electron chi connectivity index (χ3n) is 2.53. The number of benzene rings is 1. The molecule has 6 nitrogen and oxygen atoms in total. The zero-order valence-corrected chi connectivity index (χ0v) is 11.0. The molecule has 2 rings (SSSR count). The molecule has 0 saturated carbocycles. The number of amides is 1. The Morgan fingerprint density at radius 1 is 1.42 bits per heavy atom. The number of carbonyl (C=O) groups excluding carboxylic acids is 2. The van der Waals surface area contributed by atoms with Gasteiger partial charge in [0.1, 0.15) is 0 Å². The van der Waals surface area contributed by atoms with Crippen LogP contribution in [0.3, 0.4) is 0 Å². The van der Waals surface area contributed by atoms with Crippen molar-refractivity contribution in [2.24, 2.45) is 0 Å². The van der Waals surface area contributed by atoms with Gasteiger partial charge in [-0.15, -0.1) is 0 Å². The number of hydrogen-bond donors (Lipinski definition) is 1. The van der Waals surface area contributed by atoms with E-state index in [-0.39, 0.29) is 31.6 Å². The molecule has 102 valence electrons. The van der Waals surface area contributed by atoms with Gasteiger partial charge < -0.3 is 19.5 Å². The molecule has 19 heavy (non-hydrogen) atoms. The molecule has 0 bridgehead atoms. The van der Waals surface area contributed by atoms with Crippen LogP contribution in [-0.2, 0) is 9.53 Å². The summed E-state index contributed by atoms with van der Waals surface area (Å²) in [6.45, 7) is 0.278. The average molecular weight is 286 g/mol. The standard InChI is InChI=1S/C12H12ClNO5/c1-17-10(15)2-3-14-12(16)7-4-8(13)11-9(5-7)18-6-19-11/h4-5H,2-3,6H2,1H3,(H,14,16). The van der Waals surface area contributed by atoms with Crippen LogP contribution in [0, 0.1) is 0 Å². The van der Waals surface area contributed by atoms with Gasteiger partial charge in [-0.1, -0.05) is 11.6 Å². The number of rotatable bonds is 4. The SMILES string of the molecule is COC(=O)CCNC(=O)c1cc(Cl)c2c(c1)OCO2. The molecule has 0 unspecified atom stereocenters. The number of halogens is 1. The lowest BCUT2D eigenvalue weighted by Gasteiger charge is -2.06. The van der Waals surface area contributed by atoms with E-state index in [1.54, 1.807) is 6.07 Å². The van der Waals surface area contributed by atoms with Gasteiger partial charge in [0.15, 0.2) is 11.5 Å². The summed E-state index contributed by atoms with van der Waals surface area (Å²) in [5.74, 6) is 0.145. The summed E-state index contributed by atoms with van der Waals surface area (Å²) >= 11 is 5.97. The maximum Gasteiger partial charge on any atom is 0.307 e. The summed E-state index contributed by atoms with van der Waals surface area (Å²) in [5.41, 5.74) is 0.346. The molecule has 0 saturated heterocycles. The van der Waals surface area contributed by atoms with E-state index in [1.807, 2.05) is 0 Å². The predicted molar refractivity (Wildman–Crippen MR) is 66.5 cm³/mol. The van der Waals surface area contributed by atoms with Crippen molar-refractivity contribution in [1.82, 2.24) is 5.32 Å². The van der Waals surface area contributed by atoms with Gasteiger partial charge in [0.05, 0.1) is 18.6 Å². The molecule has 1 aromatic carbocycles. The predicted octanol–water partition coefficient (Wildman–Crippen LogP) is 1.36. The van der Waals surface area contributed by atoms with E-state index in [0.29, 0.717) is 22.1 Å². The first kappa shape index (κ1) is 13.5. The lowest BCUT2D eigenvalue weighted by molar-refractivity contribution is -0.140. The molecular weight excluding hydrogens is 274 g/mol. The number of esters is 1. The maximum atomic E-state index is 11.8. The van der Waals surface area contributed by atoms with Gasteiger partial charge in [-0.3, -0.25) is 9.59 Å². The third kappa shape index (κ3) is 3.08. The first-order chi connectivity index (χ1) is 9.11. The van der Waals surface area contributed by atoms with E-state index in [2.05, 4.69) is 10.1 Å². The van der Waals surface area contributed by atoms with Gasteiger partial charge in [-0.05, 0) is 12.1 Å². The van der Waals surface area contributed by atoms with E-state index in [0.717, 1.165) is 0 Å². The highest BCUT2D eigenvalue weighted by atomic mass is 35.5. The first-order valence-electron chi connectivity index (χ1n) is 5.56. The van der Waals surface area contributed by atoms with Crippen molar-refractivity contribution in [3.63, 3.8) is 0 Å². The summed E-state index contributed by atoms with van der Waals surface area (Å²) in [5, 5.41) is 2.90.